The lowest BCUT2D eigenvalue weighted by Crippen LogP contribution is -2.17. The molecule has 4 nitrogen and oxygen atoms in total. The summed E-state index contributed by atoms with van der Waals surface area (Å²) in [7, 11) is -3.32. The van der Waals surface area contributed by atoms with Gasteiger partial charge in [-0.25, -0.2) is 4.57 Å². The molecule has 0 aromatic heterocycles. The summed E-state index contributed by atoms with van der Waals surface area (Å²) in [6.45, 7) is 4.67. The standard InChI is InChI=1S/C12H25O4P/c1-3-5-11-15-17(13,14-4-2)16-12-9-7-6-8-10-12/h12H,3-11H2,1-2H3. The average Bonchev–Trinajstić information content (AvgIpc) is 2.31. The Bertz CT molecular complexity index is 239. The second-order valence-corrected chi connectivity index (χ2v) is 6.04. The van der Waals surface area contributed by atoms with Crippen LogP contribution < -0.4 is 0 Å². The van der Waals surface area contributed by atoms with Gasteiger partial charge in [0.25, 0.3) is 0 Å². The van der Waals surface area contributed by atoms with Gasteiger partial charge in [0.1, 0.15) is 0 Å². The van der Waals surface area contributed by atoms with E-state index in [1.165, 1.54) is 6.42 Å². The van der Waals surface area contributed by atoms with E-state index in [4.69, 9.17) is 13.6 Å². The Labute approximate surface area is 105 Å². The molecule has 1 atom stereocenters. The monoisotopic (exact) mass is 264 g/mol. The molecule has 0 aromatic rings. The van der Waals surface area contributed by atoms with E-state index < -0.39 is 7.82 Å². The molecule has 0 heterocycles. The number of hydrogen-bond acceptors (Lipinski definition) is 4. The quantitative estimate of drug-likeness (QED) is 0.484. The minimum atomic E-state index is -3.32. The third kappa shape index (κ3) is 6.01. The Balaban J connectivity index is 2.41. The van der Waals surface area contributed by atoms with Crippen LogP contribution in [0.25, 0.3) is 0 Å². The fourth-order valence-electron chi connectivity index (χ4n) is 1.93. The summed E-state index contributed by atoms with van der Waals surface area (Å²) in [4.78, 5) is 0. The van der Waals surface area contributed by atoms with Crippen LogP contribution >= 0.6 is 7.82 Å². The highest BCUT2D eigenvalue weighted by Crippen LogP contribution is 2.52. The second kappa shape index (κ2) is 8.25. The zero-order valence-electron chi connectivity index (χ0n) is 11.0. The Morgan fingerprint density at radius 2 is 1.82 bits per heavy atom. The van der Waals surface area contributed by atoms with Gasteiger partial charge in [0.05, 0.1) is 19.3 Å². The zero-order chi connectivity index (χ0) is 12.6. The Morgan fingerprint density at radius 3 is 2.41 bits per heavy atom. The van der Waals surface area contributed by atoms with Crippen molar-refractivity contribution in [3.63, 3.8) is 0 Å². The summed E-state index contributed by atoms with van der Waals surface area (Å²) in [5.74, 6) is 0. The second-order valence-electron chi connectivity index (χ2n) is 4.42. The molecule has 5 heteroatoms. The van der Waals surface area contributed by atoms with Gasteiger partial charge in [-0.1, -0.05) is 32.6 Å². The number of phosphoric ester groups is 1. The lowest BCUT2D eigenvalue weighted by atomic mass is 9.98. The lowest BCUT2D eigenvalue weighted by Gasteiger charge is -2.26. The van der Waals surface area contributed by atoms with Crippen molar-refractivity contribution in [2.24, 2.45) is 0 Å². The van der Waals surface area contributed by atoms with E-state index in [1.807, 2.05) is 0 Å². The van der Waals surface area contributed by atoms with Crippen LogP contribution in [0.15, 0.2) is 0 Å². The zero-order valence-corrected chi connectivity index (χ0v) is 11.9. The van der Waals surface area contributed by atoms with Gasteiger partial charge in [-0.05, 0) is 26.2 Å². The highest BCUT2D eigenvalue weighted by Gasteiger charge is 2.30. The van der Waals surface area contributed by atoms with E-state index >= 15 is 0 Å². The molecule has 0 N–H and O–H groups in total. The van der Waals surface area contributed by atoms with Crippen LogP contribution in [0.1, 0.15) is 58.8 Å². The average molecular weight is 264 g/mol. The van der Waals surface area contributed by atoms with E-state index in [0.717, 1.165) is 38.5 Å². The summed E-state index contributed by atoms with van der Waals surface area (Å²) in [5, 5.41) is 0. The first-order valence-electron chi connectivity index (χ1n) is 6.77. The van der Waals surface area contributed by atoms with Crippen molar-refractivity contribution < 1.29 is 18.1 Å². The molecule has 0 radical (unpaired) electrons. The molecule has 1 aliphatic rings. The van der Waals surface area contributed by atoms with Crippen LogP contribution in [-0.2, 0) is 18.1 Å². The molecule has 0 aliphatic heterocycles. The minimum absolute atomic E-state index is 0.0442. The highest BCUT2D eigenvalue weighted by molar-refractivity contribution is 7.48. The van der Waals surface area contributed by atoms with E-state index in [1.54, 1.807) is 6.92 Å². The van der Waals surface area contributed by atoms with Crippen molar-refractivity contribution in [2.45, 2.75) is 64.9 Å². The van der Waals surface area contributed by atoms with Crippen molar-refractivity contribution in [3.8, 4) is 0 Å². The van der Waals surface area contributed by atoms with E-state index in [-0.39, 0.29) is 6.10 Å². The molecular formula is C12H25O4P. The van der Waals surface area contributed by atoms with Gasteiger partial charge < -0.3 is 0 Å². The summed E-state index contributed by atoms with van der Waals surface area (Å²) in [5.41, 5.74) is 0. The maximum atomic E-state index is 12.3. The van der Waals surface area contributed by atoms with Crippen molar-refractivity contribution in [1.29, 1.82) is 0 Å². The molecule has 0 amide bonds. The van der Waals surface area contributed by atoms with Crippen molar-refractivity contribution in [3.05, 3.63) is 0 Å². The maximum Gasteiger partial charge on any atom is 0.475 e. The van der Waals surface area contributed by atoms with E-state index in [2.05, 4.69) is 6.92 Å². The molecule has 0 aromatic carbocycles. The first-order valence-corrected chi connectivity index (χ1v) is 8.23. The molecule has 102 valence electrons. The summed E-state index contributed by atoms with van der Waals surface area (Å²) < 4.78 is 28.4. The molecule has 1 saturated carbocycles. The third-order valence-corrected chi connectivity index (χ3v) is 4.49. The van der Waals surface area contributed by atoms with Crippen molar-refractivity contribution >= 4 is 7.82 Å². The fraction of sp³-hybridized carbons (Fsp3) is 1.00. The number of rotatable bonds is 8. The van der Waals surface area contributed by atoms with Crippen LogP contribution in [-0.4, -0.2) is 19.3 Å². The van der Waals surface area contributed by atoms with Gasteiger partial charge in [0.15, 0.2) is 0 Å². The molecule has 1 unspecified atom stereocenters. The predicted molar refractivity (Wildman–Crippen MR) is 68.1 cm³/mol. The number of unbranched alkanes of at least 4 members (excludes halogenated alkanes) is 1. The van der Waals surface area contributed by atoms with E-state index in [0.29, 0.717) is 13.2 Å². The molecule has 0 spiro atoms. The Morgan fingerprint density at radius 1 is 1.12 bits per heavy atom. The lowest BCUT2D eigenvalue weighted by molar-refractivity contribution is 0.0634. The molecule has 1 rings (SSSR count). The first-order chi connectivity index (χ1) is 8.20. The molecule has 1 aliphatic carbocycles. The topological polar surface area (TPSA) is 44.8 Å². The van der Waals surface area contributed by atoms with Crippen LogP contribution in [0.5, 0.6) is 0 Å². The SMILES string of the molecule is CCCCOP(=O)(OCC)OC1CCCCC1. The van der Waals surface area contributed by atoms with Crippen molar-refractivity contribution in [2.75, 3.05) is 13.2 Å². The van der Waals surface area contributed by atoms with Crippen molar-refractivity contribution in [1.82, 2.24) is 0 Å². The Kier molecular flexibility index (Phi) is 7.36. The Hall–Kier alpha value is 0.110. The minimum Gasteiger partial charge on any atom is -0.287 e. The van der Waals surface area contributed by atoms with Crippen LogP contribution in [0.2, 0.25) is 0 Å². The van der Waals surface area contributed by atoms with Gasteiger partial charge in [0, 0.05) is 0 Å². The maximum absolute atomic E-state index is 12.3. The van der Waals surface area contributed by atoms with E-state index in [9.17, 15) is 4.57 Å². The van der Waals surface area contributed by atoms with Crippen LogP contribution in [0.4, 0.5) is 0 Å². The van der Waals surface area contributed by atoms with Gasteiger partial charge in [-0.3, -0.25) is 13.6 Å². The molecule has 0 bridgehead atoms. The summed E-state index contributed by atoms with van der Waals surface area (Å²) in [6.07, 6.45) is 7.40. The molecule has 17 heavy (non-hydrogen) atoms. The third-order valence-electron chi connectivity index (χ3n) is 2.86. The predicted octanol–water partition coefficient (Wildman–Crippen LogP) is 4.30. The molecule has 0 saturated heterocycles. The van der Waals surface area contributed by atoms with Gasteiger partial charge in [0.2, 0.25) is 0 Å². The van der Waals surface area contributed by atoms with Gasteiger partial charge in [-0.2, -0.15) is 0 Å². The highest BCUT2D eigenvalue weighted by atomic mass is 31.2. The van der Waals surface area contributed by atoms with Crippen LogP contribution in [0, 0.1) is 0 Å². The first kappa shape index (κ1) is 15.2. The molecular weight excluding hydrogens is 239 g/mol. The number of hydrogen-bond donors (Lipinski definition) is 0. The largest absolute Gasteiger partial charge is 0.475 e. The number of phosphoric acid groups is 1. The summed E-state index contributed by atoms with van der Waals surface area (Å²) in [6, 6.07) is 0. The van der Waals surface area contributed by atoms with Gasteiger partial charge in [-0.15, -0.1) is 0 Å². The fourth-order valence-corrected chi connectivity index (χ4v) is 3.37. The molecule has 1 fully saturated rings. The van der Waals surface area contributed by atoms with Crippen LogP contribution in [0.3, 0.4) is 0 Å². The van der Waals surface area contributed by atoms with Gasteiger partial charge >= 0.3 is 7.82 Å². The summed E-state index contributed by atoms with van der Waals surface area (Å²) >= 11 is 0. The normalized spacial score (nSPS) is 21.3. The smallest absolute Gasteiger partial charge is 0.287 e.